The highest BCUT2D eigenvalue weighted by molar-refractivity contribution is 6.33. The lowest BCUT2D eigenvalue weighted by atomic mass is 9.98. The van der Waals surface area contributed by atoms with Crippen molar-refractivity contribution >= 4 is 23.2 Å². The number of aryl methyl sites for hydroxylation is 1. The van der Waals surface area contributed by atoms with Crippen LogP contribution >= 0.6 is 23.2 Å². The molecule has 0 saturated heterocycles. The minimum absolute atomic E-state index is 0.232. The van der Waals surface area contributed by atoms with Crippen LogP contribution in [0.5, 0.6) is 0 Å². The Morgan fingerprint density at radius 1 is 1.11 bits per heavy atom. The summed E-state index contributed by atoms with van der Waals surface area (Å²) in [6.07, 6.45) is 0.819. The van der Waals surface area contributed by atoms with Gasteiger partial charge in [-0.15, -0.1) is 0 Å². The van der Waals surface area contributed by atoms with E-state index < -0.39 is 0 Å². The minimum atomic E-state index is 0.232. The van der Waals surface area contributed by atoms with Crippen molar-refractivity contribution in [1.82, 2.24) is 5.32 Å². The maximum atomic E-state index is 6.23. The lowest BCUT2D eigenvalue weighted by molar-refractivity contribution is 0.592. The highest BCUT2D eigenvalue weighted by atomic mass is 35.5. The minimum Gasteiger partial charge on any atom is -0.313 e. The van der Waals surface area contributed by atoms with Crippen LogP contribution < -0.4 is 5.32 Å². The first-order valence-electron chi connectivity index (χ1n) is 6.28. The lowest BCUT2D eigenvalue weighted by Crippen LogP contribution is -2.19. The summed E-state index contributed by atoms with van der Waals surface area (Å²) in [4.78, 5) is 0. The molecule has 2 aromatic rings. The fraction of sp³-hybridized carbons (Fsp3) is 0.250. The third-order valence-corrected chi connectivity index (χ3v) is 3.83. The largest absolute Gasteiger partial charge is 0.313 e. The van der Waals surface area contributed by atoms with E-state index in [4.69, 9.17) is 23.2 Å². The number of likely N-dealkylation sites (N-methyl/N-ethyl adjacent to an activating group) is 1. The van der Waals surface area contributed by atoms with E-state index in [1.165, 1.54) is 11.1 Å². The van der Waals surface area contributed by atoms with Gasteiger partial charge in [-0.05, 0) is 49.7 Å². The molecule has 0 aliphatic carbocycles. The lowest BCUT2D eigenvalue weighted by Gasteiger charge is -2.18. The van der Waals surface area contributed by atoms with Gasteiger partial charge in [0.15, 0.2) is 0 Å². The quantitative estimate of drug-likeness (QED) is 0.853. The summed E-state index contributed by atoms with van der Waals surface area (Å²) in [5.41, 5.74) is 3.59. The third-order valence-electron chi connectivity index (χ3n) is 3.22. The molecule has 0 radical (unpaired) electrons. The van der Waals surface area contributed by atoms with Gasteiger partial charge in [0.05, 0.1) is 0 Å². The summed E-state index contributed by atoms with van der Waals surface area (Å²) in [7, 11) is 1.96. The highest BCUT2D eigenvalue weighted by Crippen LogP contribution is 2.26. The van der Waals surface area contributed by atoms with Crippen LogP contribution in [0.25, 0.3) is 0 Å². The molecular formula is C16H17Cl2N. The molecule has 2 rings (SSSR count). The second-order valence-corrected chi connectivity index (χ2v) is 5.54. The first kappa shape index (κ1) is 14.4. The number of rotatable bonds is 4. The smallest absolute Gasteiger partial charge is 0.0439 e. The van der Waals surface area contributed by atoms with E-state index in [-0.39, 0.29) is 6.04 Å². The molecular weight excluding hydrogens is 277 g/mol. The van der Waals surface area contributed by atoms with Gasteiger partial charge in [-0.1, -0.05) is 53.0 Å². The Bertz CT molecular complexity index is 566. The Hall–Kier alpha value is -1.02. The molecule has 0 bridgehead atoms. The maximum Gasteiger partial charge on any atom is 0.0439 e. The van der Waals surface area contributed by atoms with Crippen LogP contribution in [0.15, 0.2) is 42.5 Å². The van der Waals surface area contributed by atoms with Gasteiger partial charge in [-0.25, -0.2) is 0 Å². The zero-order valence-electron chi connectivity index (χ0n) is 11.1. The summed E-state index contributed by atoms with van der Waals surface area (Å²) >= 11 is 12.3. The third kappa shape index (κ3) is 3.73. The average molecular weight is 294 g/mol. The Morgan fingerprint density at radius 2 is 1.89 bits per heavy atom. The van der Waals surface area contributed by atoms with Crippen LogP contribution in [0.3, 0.4) is 0 Å². The second-order valence-electron chi connectivity index (χ2n) is 4.70. The van der Waals surface area contributed by atoms with Gasteiger partial charge in [-0.3, -0.25) is 0 Å². The van der Waals surface area contributed by atoms with Crippen molar-refractivity contribution in [2.75, 3.05) is 7.05 Å². The number of hydrogen-bond donors (Lipinski definition) is 1. The van der Waals surface area contributed by atoms with Crippen molar-refractivity contribution in [1.29, 1.82) is 0 Å². The molecule has 0 amide bonds. The number of hydrogen-bond acceptors (Lipinski definition) is 1. The molecule has 100 valence electrons. The molecule has 0 aromatic heterocycles. The maximum absolute atomic E-state index is 6.23. The van der Waals surface area contributed by atoms with E-state index >= 15 is 0 Å². The molecule has 3 heteroatoms. The van der Waals surface area contributed by atoms with Crippen molar-refractivity contribution in [2.45, 2.75) is 19.4 Å². The van der Waals surface area contributed by atoms with Crippen LogP contribution in [-0.2, 0) is 6.42 Å². The molecule has 1 nitrogen and oxygen atoms in total. The van der Waals surface area contributed by atoms with Crippen LogP contribution in [0, 0.1) is 6.92 Å². The normalized spacial score (nSPS) is 12.4. The van der Waals surface area contributed by atoms with Gasteiger partial charge in [0, 0.05) is 16.1 Å². The van der Waals surface area contributed by atoms with Crippen molar-refractivity contribution in [3.63, 3.8) is 0 Å². The van der Waals surface area contributed by atoms with Crippen molar-refractivity contribution < 1.29 is 0 Å². The predicted molar refractivity (Wildman–Crippen MR) is 83.1 cm³/mol. The molecule has 0 aliphatic rings. The van der Waals surface area contributed by atoms with E-state index in [0.29, 0.717) is 0 Å². The number of nitrogens with one attached hydrogen (secondary N) is 1. The van der Waals surface area contributed by atoms with Gasteiger partial charge < -0.3 is 5.32 Å². The highest BCUT2D eigenvalue weighted by Gasteiger charge is 2.12. The SMILES string of the molecule is CNC(Cc1cc(Cl)ccc1Cl)c1cccc(C)c1. The molecule has 1 atom stereocenters. The number of benzene rings is 2. The molecule has 0 heterocycles. The molecule has 0 spiro atoms. The molecule has 19 heavy (non-hydrogen) atoms. The van der Waals surface area contributed by atoms with Gasteiger partial charge in [0.2, 0.25) is 0 Å². The number of halogens is 2. The van der Waals surface area contributed by atoms with E-state index in [0.717, 1.165) is 22.0 Å². The van der Waals surface area contributed by atoms with E-state index in [2.05, 4.69) is 36.5 Å². The van der Waals surface area contributed by atoms with Gasteiger partial charge in [0.25, 0.3) is 0 Å². The van der Waals surface area contributed by atoms with Crippen LogP contribution in [0.4, 0.5) is 0 Å². The molecule has 2 aromatic carbocycles. The van der Waals surface area contributed by atoms with Crippen LogP contribution in [-0.4, -0.2) is 7.05 Å². The summed E-state index contributed by atoms with van der Waals surface area (Å²) in [6.45, 7) is 2.10. The Balaban J connectivity index is 2.26. The summed E-state index contributed by atoms with van der Waals surface area (Å²) in [6, 6.07) is 14.3. The fourth-order valence-electron chi connectivity index (χ4n) is 2.19. The Kier molecular flexibility index (Phi) is 4.87. The average Bonchev–Trinajstić information content (AvgIpc) is 2.39. The Labute approximate surface area is 124 Å². The van der Waals surface area contributed by atoms with Crippen molar-refractivity contribution in [3.8, 4) is 0 Å². The summed E-state index contributed by atoms with van der Waals surface area (Å²) in [5, 5.41) is 4.82. The van der Waals surface area contributed by atoms with E-state index in [9.17, 15) is 0 Å². The van der Waals surface area contributed by atoms with Crippen LogP contribution in [0.1, 0.15) is 22.7 Å². The molecule has 0 fully saturated rings. The Morgan fingerprint density at radius 3 is 2.58 bits per heavy atom. The molecule has 0 saturated carbocycles. The zero-order valence-corrected chi connectivity index (χ0v) is 12.6. The molecule has 1 unspecified atom stereocenters. The molecule has 0 aliphatic heterocycles. The van der Waals surface area contributed by atoms with Gasteiger partial charge >= 0.3 is 0 Å². The summed E-state index contributed by atoms with van der Waals surface area (Å²) < 4.78 is 0. The van der Waals surface area contributed by atoms with Crippen LogP contribution in [0.2, 0.25) is 10.0 Å². The van der Waals surface area contributed by atoms with Gasteiger partial charge in [-0.2, -0.15) is 0 Å². The predicted octanol–water partition coefficient (Wildman–Crippen LogP) is 4.81. The van der Waals surface area contributed by atoms with E-state index in [1.54, 1.807) is 0 Å². The van der Waals surface area contributed by atoms with E-state index in [1.807, 2.05) is 25.2 Å². The summed E-state index contributed by atoms with van der Waals surface area (Å²) in [5.74, 6) is 0. The zero-order chi connectivity index (χ0) is 13.8. The first-order chi connectivity index (χ1) is 9.10. The second kappa shape index (κ2) is 6.42. The van der Waals surface area contributed by atoms with Gasteiger partial charge in [0.1, 0.15) is 0 Å². The monoisotopic (exact) mass is 293 g/mol. The first-order valence-corrected chi connectivity index (χ1v) is 7.03. The van der Waals surface area contributed by atoms with Crippen molar-refractivity contribution in [2.24, 2.45) is 0 Å². The fourth-order valence-corrected chi connectivity index (χ4v) is 2.58. The van der Waals surface area contributed by atoms with Crippen molar-refractivity contribution in [3.05, 3.63) is 69.2 Å². The topological polar surface area (TPSA) is 12.0 Å². The molecule has 1 N–H and O–H groups in total. The standard InChI is InChI=1S/C16H17Cl2N/c1-11-4-3-5-12(8-11)16(19-2)10-13-9-14(17)6-7-15(13)18/h3-9,16,19H,10H2,1-2H3.